The van der Waals surface area contributed by atoms with E-state index in [-0.39, 0.29) is 18.1 Å². The summed E-state index contributed by atoms with van der Waals surface area (Å²) in [6, 6.07) is 28.5. The minimum atomic E-state index is -0.413. The number of anilines is 1. The number of hydrogen-bond donors (Lipinski definition) is 3. The molecule has 3 N–H and O–H groups in total. The van der Waals surface area contributed by atoms with Crippen molar-refractivity contribution in [3.63, 3.8) is 0 Å². The number of carbonyl (C=O) groups excluding carboxylic acids is 1. The van der Waals surface area contributed by atoms with Crippen LogP contribution >= 0.6 is 0 Å². The zero-order valence-electron chi connectivity index (χ0n) is 21.3. The number of nitrogens with zero attached hydrogens (tertiary/aromatic N) is 2. The summed E-state index contributed by atoms with van der Waals surface area (Å²) >= 11 is 0. The van der Waals surface area contributed by atoms with Gasteiger partial charge in [0, 0.05) is 43.8 Å². The molecule has 1 aliphatic rings. The first-order chi connectivity index (χ1) is 17.5. The average molecular weight is 487 g/mol. The Kier molecular flexibility index (Phi) is 9.11. The second-order valence-electron chi connectivity index (χ2n) is 9.77. The van der Waals surface area contributed by atoms with Gasteiger partial charge >= 0.3 is 6.03 Å². The molecular formula is C30H38N4O2. The fraction of sp³-hybridized carbons (Fsp3) is 0.367. The van der Waals surface area contributed by atoms with Gasteiger partial charge in [-0.1, -0.05) is 78.9 Å². The first-order valence-electron chi connectivity index (χ1n) is 12.9. The molecule has 6 nitrogen and oxygen atoms in total. The van der Waals surface area contributed by atoms with E-state index in [1.807, 2.05) is 60.7 Å². The van der Waals surface area contributed by atoms with Gasteiger partial charge in [0.25, 0.3) is 0 Å². The second kappa shape index (κ2) is 12.7. The summed E-state index contributed by atoms with van der Waals surface area (Å²) in [6.45, 7) is 5.16. The molecule has 1 fully saturated rings. The van der Waals surface area contributed by atoms with Crippen LogP contribution in [-0.2, 0) is 0 Å². The molecule has 2 atom stereocenters. The third-order valence-corrected chi connectivity index (χ3v) is 7.09. The molecule has 2 amide bonds. The Morgan fingerprint density at radius 1 is 0.972 bits per heavy atom. The van der Waals surface area contributed by atoms with Crippen molar-refractivity contribution in [1.82, 2.24) is 15.1 Å². The minimum Gasteiger partial charge on any atom is -0.390 e. The molecule has 4 rings (SSSR count). The summed E-state index contributed by atoms with van der Waals surface area (Å²) in [7, 11) is 2.06. The maximum atomic E-state index is 12.7. The van der Waals surface area contributed by atoms with Gasteiger partial charge in [-0.05, 0) is 44.0 Å². The quantitative estimate of drug-likeness (QED) is 0.399. The van der Waals surface area contributed by atoms with E-state index in [2.05, 4.69) is 58.7 Å². The first kappa shape index (κ1) is 25.9. The number of carbonyl (C=O) groups is 1. The summed E-state index contributed by atoms with van der Waals surface area (Å²) in [5.74, 6) is 0. The third kappa shape index (κ3) is 7.17. The molecular weight excluding hydrogens is 448 g/mol. The normalized spacial score (nSPS) is 16.4. The standard InChI is InChI=1S/C30H38N4O2/c1-23(24-11-5-3-6-12-24)33(2)21-27(35)22-34-19-17-26(18-20-34)31-30(36)32-29-16-10-9-15-28(29)25-13-7-4-8-14-25/h3-16,23,26-27,35H,17-22H2,1-2H3,(H2,31,32,36)/t23-,27?/m0/s1. The zero-order valence-corrected chi connectivity index (χ0v) is 21.3. The maximum absolute atomic E-state index is 12.7. The van der Waals surface area contributed by atoms with Crippen molar-refractivity contribution >= 4 is 11.7 Å². The number of likely N-dealkylation sites (tertiary alicyclic amines) is 1. The van der Waals surface area contributed by atoms with Crippen molar-refractivity contribution in [2.24, 2.45) is 0 Å². The number of urea groups is 1. The van der Waals surface area contributed by atoms with E-state index in [1.54, 1.807) is 0 Å². The summed E-state index contributed by atoms with van der Waals surface area (Å²) in [4.78, 5) is 17.2. The first-order valence-corrected chi connectivity index (χ1v) is 12.9. The van der Waals surface area contributed by atoms with Crippen LogP contribution in [0.25, 0.3) is 11.1 Å². The van der Waals surface area contributed by atoms with Crippen molar-refractivity contribution in [3.8, 4) is 11.1 Å². The lowest BCUT2D eigenvalue weighted by atomic mass is 10.0. The number of likely N-dealkylation sites (N-methyl/N-ethyl adjacent to an activating group) is 1. The molecule has 3 aromatic rings. The number of rotatable bonds is 9. The Morgan fingerprint density at radius 3 is 2.28 bits per heavy atom. The van der Waals surface area contributed by atoms with E-state index >= 15 is 0 Å². The van der Waals surface area contributed by atoms with Gasteiger partial charge in [0.1, 0.15) is 0 Å². The van der Waals surface area contributed by atoms with Crippen molar-refractivity contribution in [3.05, 3.63) is 90.5 Å². The van der Waals surface area contributed by atoms with Crippen molar-refractivity contribution in [2.75, 3.05) is 38.5 Å². The lowest BCUT2D eigenvalue weighted by molar-refractivity contribution is 0.0610. The number of hydrogen-bond acceptors (Lipinski definition) is 4. The van der Waals surface area contributed by atoms with Gasteiger partial charge < -0.3 is 20.6 Å². The van der Waals surface area contributed by atoms with E-state index < -0.39 is 6.10 Å². The summed E-state index contributed by atoms with van der Waals surface area (Å²) in [6.07, 6.45) is 1.33. The molecule has 1 aliphatic heterocycles. The molecule has 0 radical (unpaired) electrons. The van der Waals surface area contributed by atoms with Crippen molar-refractivity contribution in [2.45, 2.75) is 38.0 Å². The van der Waals surface area contributed by atoms with Gasteiger partial charge in [-0.25, -0.2) is 4.79 Å². The number of aliphatic hydroxyl groups excluding tert-OH is 1. The molecule has 190 valence electrons. The van der Waals surface area contributed by atoms with Gasteiger partial charge in [0.2, 0.25) is 0 Å². The summed E-state index contributed by atoms with van der Waals surface area (Å²) < 4.78 is 0. The fourth-order valence-electron chi connectivity index (χ4n) is 4.90. The number of β-amino-alcohol motifs (C(OH)–C–C–N with tert-alkyl or cyclic N) is 1. The van der Waals surface area contributed by atoms with Gasteiger partial charge in [0.05, 0.1) is 11.8 Å². The maximum Gasteiger partial charge on any atom is 0.319 e. The number of nitrogens with one attached hydrogen (secondary N) is 2. The summed E-state index contributed by atoms with van der Waals surface area (Å²) in [5.41, 5.74) is 4.13. The Bertz CT molecular complexity index is 1080. The molecule has 0 aliphatic carbocycles. The lowest BCUT2D eigenvalue weighted by Gasteiger charge is -2.35. The number of amides is 2. The highest BCUT2D eigenvalue weighted by atomic mass is 16.3. The van der Waals surface area contributed by atoms with Crippen LogP contribution in [0.1, 0.15) is 31.4 Å². The van der Waals surface area contributed by atoms with Crippen LogP contribution in [0.15, 0.2) is 84.9 Å². The smallest absolute Gasteiger partial charge is 0.319 e. The fourth-order valence-corrected chi connectivity index (χ4v) is 4.90. The molecule has 0 bridgehead atoms. The molecule has 3 aromatic carbocycles. The third-order valence-electron chi connectivity index (χ3n) is 7.09. The lowest BCUT2D eigenvalue weighted by Crippen LogP contribution is -2.48. The van der Waals surface area contributed by atoms with Crippen LogP contribution in [0, 0.1) is 0 Å². The highest BCUT2D eigenvalue weighted by Gasteiger charge is 2.24. The van der Waals surface area contributed by atoms with Gasteiger partial charge in [-0.15, -0.1) is 0 Å². The molecule has 36 heavy (non-hydrogen) atoms. The molecule has 0 spiro atoms. The van der Waals surface area contributed by atoms with Crippen LogP contribution in [0.2, 0.25) is 0 Å². The highest BCUT2D eigenvalue weighted by Crippen LogP contribution is 2.27. The van der Waals surface area contributed by atoms with Crippen LogP contribution in [0.4, 0.5) is 10.5 Å². The van der Waals surface area contributed by atoms with E-state index in [9.17, 15) is 9.90 Å². The van der Waals surface area contributed by atoms with Crippen LogP contribution < -0.4 is 10.6 Å². The molecule has 6 heteroatoms. The molecule has 1 unspecified atom stereocenters. The van der Waals surface area contributed by atoms with Gasteiger partial charge in [0.15, 0.2) is 0 Å². The number of para-hydroxylation sites is 1. The molecule has 0 aromatic heterocycles. The van der Waals surface area contributed by atoms with E-state index in [4.69, 9.17) is 0 Å². The number of piperidine rings is 1. The van der Waals surface area contributed by atoms with E-state index in [0.717, 1.165) is 42.7 Å². The molecule has 0 saturated carbocycles. The van der Waals surface area contributed by atoms with Crippen molar-refractivity contribution in [1.29, 1.82) is 0 Å². The van der Waals surface area contributed by atoms with Crippen LogP contribution in [-0.4, -0.2) is 66.3 Å². The minimum absolute atomic E-state index is 0.128. The summed E-state index contributed by atoms with van der Waals surface area (Å²) in [5, 5.41) is 16.9. The predicted molar refractivity (Wildman–Crippen MR) is 147 cm³/mol. The SMILES string of the molecule is C[C@@H](c1ccccc1)N(C)CC(O)CN1CCC(NC(=O)Nc2ccccc2-c2ccccc2)CC1. The van der Waals surface area contributed by atoms with Crippen LogP contribution in [0.5, 0.6) is 0 Å². The number of benzene rings is 3. The monoisotopic (exact) mass is 486 g/mol. The Morgan fingerprint density at radius 2 is 1.58 bits per heavy atom. The largest absolute Gasteiger partial charge is 0.390 e. The Balaban J connectivity index is 1.21. The highest BCUT2D eigenvalue weighted by molar-refractivity contribution is 5.94. The van der Waals surface area contributed by atoms with E-state index in [0.29, 0.717) is 13.1 Å². The number of aliphatic hydroxyl groups is 1. The topological polar surface area (TPSA) is 67.8 Å². The Labute approximate surface area is 214 Å². The second-order valence-corrected chi connectivity index (χ2v) is 9.77. The van der Waals surface area contributed by atoms with Gasteiger partial charge in [-0.2, -0.15) is 0 Å². The van der Waals surface area contributed by atoms with Gasteiger partial charge in [-0.3, -0.25) is 4.90 Å². The predicted octanol–water partition coefficient (Wildman–Crippen LogP) is 4.99. The molecule has 1 heterocycles. The Hall–Kier alpha value is -3.19. The van der Waals surface area contributed by atoms with Crippen molar-refractivity contribution < 1.29 is 9.90 Å². The molecule has 1 saturated heterocycles. The zero-order chi connectivity index (χ0) is 25.3. The van der Waals surface area contributed by atoms with Crippen LogP contribution in [0.3, 0.4) is 0 Å². The van der Waals surface area contributed by atoms with E-state index in [1.165, 1.54) is 5.56 Å². The average Bonchev–Trinajstić information content (AvgIpc) is 2.90.